The molecule has 0 unspecified atom stereocenters. The van der Waals surface area contributed by atoms with Crippen LogP contribution in [-0.2, 0) is 4.79 Å². The molecule has 2 aromatic carbocycles. The average Bonchev–Trinajstić information content (AvgIpc) is 2.73. The second kappa shape index (κ2) is 8.80. The van der Waals surface area contributed by atoms with E-state index >= 15 is 0 Å². The fourth-order valence-electron chi connectivity index (χ4n) is 3.30. The molecule has 1 atom stereocenters. The number of piperazine rings is 1. The van der Waals surface area contributed by atoms with Crippen molar-refractivity contribution < 1.29 is 14.4 Å². The number of ketones is 1. The maximum absolute atomic E-state index is 12.6. The molecule has 2 amide bonds. The second-order valence-electron chi connectivity index (χ2n) is 7.00. The molecule has 146 valence electrons. The molecule has 6 nitrogen and oxygen atoms in total. The van der Waals surface area contributed by atoms with E-state index in [4.69, 9.17) is 0 Å². The SMILES string of the molecule is CC(=O)c1cccc(NC(=O)[C@H](C)N2CCN(C(=O)c3ccccc3)CC2)c1. The molecule has 1 saturated heterocycles. The molecule has 6 heteroatoms. The third-order valence-electron chi connectivity index (χ3n) is 5.09. The molecule has 1 aliphatic rings. The summed E-state index contributed by atoms with van der Waals surface area (Å²) in [7, 11) is 0. The lowest BCUT2D eigenvalue weighted by atomic mass is 10.1. The molecule has 28 heavy (non-hydrogen) atoms. The molecule has 0 saturated carbocycles. The van der Waals surface area contributed by atoms with Crippen molar-refractivity contribution in [1.29, 1.82) is 0 Å². The van der Waals surface area contributed by atoms with E-state index in [2.05, 4.69) is 10.2 Å². The van der Waals surface area contributed by atoms with E-state index in [9.17, 15) is 14.4 Å². The first-order chi connectivity index (χ1) is 13.5. The smallest absolute Gasteiger partial charge is 0.253 e. The Bertz CT molecular complexity index is 858. The quantitative estimate of drug-likeness (QED) is 0.811. The Morgan fingerprint density at radius 2 is 1.54 bits per heavy atom. The second-order valence-corrected chi connectivity index (χ2v) is 7.00. The van der Waals surface area contributed by atoms with Gasteiger partial charge in [-0.2, -0.15) is 0 Å². The average molecular weight is 379 g/mol. The van der Waals surface area contributed by atoms with E-state index in [0.29, 0.717) is 43.0 Å². The van der Waals surface area contributed by atoms with Crippen LogP contribution in [0.15, 0.2) is 54.6 Å². The molecular formula is C22H25N3O3. The Balaban J connectivity index is 1.55. The summed E-state index contributed by atoms with van der Waals surface area (Å²) in [6.07, 6.45) is 0. The van der Waals surface area contributed by atoms with E-state index in [1.165, 1.54) is 6.92 Å². The normalized spacial score (nSPS) is 15.7. The highest BCUT2D eigenvalue weighted by atomic mass is 16.2. The van der Waals surface area contributed by atoms with Crippen LogP contribution in [0.5, 0.6) is 0 Å². The van der Waals surface area contributed by atoms with Crippen molar-refractivity contribution >= 4 is 23.3 Å². The number of carbonyl (C=O) groups is 3. The summed E-state index contributed by atoms with van der Waals surface area (Å²) in [5, 5.41) is 2.88. The van der Waals surface area contributed by atoms with Crippen LogP contribution in [0.25, 0.3) is 0 Å². The first-order valence-corrected chi connectivity index (χ1v) is 9.46. The molecule has 1 N–H and O–H groups in total. The minimum absolute atomic E-state index is 0.0263. The van der Waals surface area contributed by atoms with Gasteiger partial charge < -0.3 is 10.2 Å². The van der Waals surface area contributed by atoms with Crippen molar-refractivity contribution in [3.63, 3.8) is 0 Å². The Hall–Kier alpha value is -2.99. The summed E-state index contributed by atoms with van der Waals surface area (Å²) in [5.41, 5.74) is 1.87. The van der Waals surface area contributed by atoms with Crippen LogP contribution in [0, 0.1) is 0 Å². The lowest BCUT2D eigenvalue weighted by Crippen LogP contribution is -2.54. The zero-order valence-electron chi connectivity index (χ0n) is 16.2. The number of nitrogens with one attached hydrogen (secondary N) is 1. The van der Waals surface area contributed by atoms with Crippen LogP contribution in [-0.4, -0.2) is 59.6 Å². The van der Waals surface area contributed by atoms with Crippen molar-refractivity contribution in [2.75, 3.05) is 31.5 Å². The molecule has 0 aromatic heterocycles. The molecule has 3 rings (SSSR count). The summed E-state index contributed by atoms with van der Waals surface area (Å²) in [4.78, 5) is 40.5. The van der Waals surface area contributed by atoms with Crippen molar-refractivity contribution in [3.05, 3.63) is 65.7 Å². The van der Waals surface area contributed by atoms with Crippen LogP contribution >= 0.6 is 0 Å². The number of anilines is 1. The Morgan fingerprint density at radius 1 is 0.893 bits per heavy atom. The van der Waals surface area contributed by atoms with Crippen molar-refractivity contribution in [2.24, 2.45) is 0 Å². The Morgan fingerprint density at radius 3 is 2.18 bits per heavy atom. The van der Waals surface area contributed by atoms with Crippen LogP contribution in [0.2, 0.25) is 0 Å². The maximum Gasteiger partial charge on any atom is 0.253 e. The number of benzene rings is 2. The number of Topliss-reactive ketones (excluding diaryl/α,β-unsaturated/α-hetero) is 1. The molecule has 0 bridgehead atoms. The summed E-state index contributed by atoms with van der Waals surface area (Å²) >= 11 is 0. The lowest BCUT2D eigenvalue weighted by Gasteiger charge is -2.37. The number of carbonyl (C=O) groups excluding carboxylic acids is 3. The Kier molecular flexibility index (Phi) is 6.21. The molecule has 1 aliphatic heterocycles. The van der Waals surface area contributed by atoms with Crippen LogP contribution in [0.4, 0.5) is 5.69 Å². The summed E-state index contributed by atoms with van der Waals surface area (Å²) < 4.78 is 0. The first-order valence-electron chi connectivity index (χ1n) is 9.46. The first kappa shape index (κ1) is 19.8. The minimum Gasteiger partial charge on any atom is -0.336 e. The zero-order chi connectivity index (χ0) is 20.1. The number of nitrogens with zero attached hydrogens (tertiary/aromatic N) is 2. The summed E-state index contributed by atoms with van der Waals surface area (Å²) in [6.45, 7) is 5.82. The molecule has 1 fully saturated rings. The summed E-state index contributed by atoms with van der Waals surface area (Å²) in [5.74, 6) is -0.134. The van der Waals surface area contributed by atoms with Crippen LogP contribution in [0.3, 0.4) is 0 Å². The zero-order valence-corrected chi connectivity index (χ0v) is 16.2. The van der Waals surface area contributed by atoms with Crippen molar-refractivity contribution in [3.8, 4) is 0 Å². The minimum atomic E-state index is -0.324. The molecule has 1 heterocycles. The van der Waals surface area contributed by atoms with Crippen LogP contribution in [0.1, 0.15) is 34.6 Å². The molecule has 0 spiro atoms. The number of hydrogen-bond acceptors (Lipinski definition) is 4. The third kappa shape index (κ3) is 4.64. The van der Waals surface area contributed by atoms with E-state index in [0.717, 1.165) is 0 Å². The van der Waals surface area contributed by atoms with Gasteiger partial charge in [-0.05, 0) is 38.1 Å². The number of rotatable bonds is 5. The van der Waals surface area contributed by atoms with Gasteiger partial charge >= 0.3 is 0 Å². The predicted octanol–water partition coefficient (Wildman–Crippen LogP) is 2.67. The van der Waals surface area contributed by atoms with E-state index in [1.54, 1.807) is 24.3 Å². The van der Waals surface area contributed by atoms with Gasteiger partial charge in [0.15, 0.2) is 5.78 Å². The molecule has 0 radical (unpaired) electrons. The lowest BCUT2D eigenvalue weighted by molar-refractivity contribution is -0.121. The number of hydrogen-bond donors (Lipinski definition) is 1. The van der Waals surface area contributed by atoms with Gasteiger partial charge in [-0.15, -0.1) is 0 Å². The standard InChI is InChI=1S/C22H25N3O3/c1-16(21(27)23-20-10-6-9-19(15-20)17(2)26)24-11-13-25(14-12-24)22(28)18-7-4-3-5-8-18/h3-10,15-16H,11-14H2,1-2H3,(H,23,27)/t16-/m0/s1. The fraction of sp³-hybridized carbons (Fsp3) is 0.318. The third-order valence-corrected chi connectivity index (χ3v) is 5.09. The van der Waals surface area contributed by atoms with Gasteiger partial charge in [0.1, 0.15) is 0 Å². The topological polar surface area (TPSA) is 69.7 Å². The highest BCUT2D eigenvalue weighted by Crippen LogP contribution is 2.15. The van der Waals surface area contributed by atoms with Crippen LogP contribution < -0.4 is 5.32 Å². The van der Waals surface area contributed by atoms with Crippen molar-refractivity contribution in [1.82, 2.24) is 9.80 Å². The molecule has 0 aliphatic carbocycles. The van der Waals surface area contributed by atoms with Gasteiger partial charge in [0.25, 0.3) is 5.91 Å². The summed E-state index contributed by atoms with van der Waals surface area (Å²) in [6, 6.07) is 15.9. The van der Waals surface area contributed by atoms with Gasteiger partial charge in [-0.3, -0.25) is 19.3 Å². The van der Waals surface area contributed by atoms with Crippen molar-refractivity contribution in [2.45, 2.75) is 19.9 Å². The Labute approximate surface area is 165 Å². The van der Waals surface area contributed by atoms with Gasteiger partial charge in [-0.25, -0.2) is 0 Å². The molecule has 2 aromatic rings. The highest BCUT2D eigenvalue weighted by Gasteiger charge is 2.28. The van der Waals surface area contributed by atoms with E-state index in [-0.39, 0.29) is 23.6 Å². The van der Waals surface area contributed by atoms with Gasteiger partial charge in [-0.1, -0.05) is 30.3 Å². The predicted molar refractivity (Wildman–Crippen MR) is 108 cm³/mol. The highest BCUT2D eigenvalue weighted by molar-refractivity contribution is 5.98. The van der Waals surface area contributed by atoms with E-state index < -0.39 is 0 Å². The van der Waals surface area contributed by atoms with Gasteiger partial charge in [0.05, 0.1) is 6.04 Å². The van der Waals surface area contributed by atoms with Gasteiger partial charge in [0.2, 0.25) is 5.91 Å². The number of amides is 2. The maximum atomic E-state index is 12.6. The largest absolute Gasteiger partial charge is 0.336 e. The van der Waals surface area contributed by atoms with Gasteiger partial charge in [0, 0.05) is 43.0 Å². The molecular weight excluding hydrogens is 354 g/mol. The van der Waals surface area contributed by atoms with E-state index in [1.807, 2.05) is 42.2 Å². The fourth-order valence-corrected chi connectivity index (χ4v) is 3.30. The monoisotopic (exact) mass is 379 g/mol.